The van der Waals surface area contributed by atoms with Crippen molar-refractivity contribution in [3.8, 4) is 0 Å². The van der Waals surface area contributed by atoms with Crippen LogP contribution in [0.2, 0.25) is 0 Å². The Hall–Kier alpha value is 0.114. The van der Waals surface area contributed by atoms with E-state index in [1.54, 1.807) is 0 Å². The number of nitro groups is 1. The third-order valence-electron chi connectivity index (χ3n) is 0. The zero-order valence-corrected chi connectivity index (χ0v) is 3.83. The maximum atomic E-state index is 8.47. The van der Waals surface area contributed by atoms with Crippen molar-refractivity contribution in [2.45, 2.75) is 0 Å². The number of hydrogen-bond acceptors (Lipinski definition) is 2. The van der Waals surface area contributed by atoms with Crippen LogP contribution in [0.3, 0.4) is 0 Å². The summed E-state index contributed by atoms with van der Waals surface area (Å²) in [4.78, 5) is 7.22. The predicted molar refractivity (Wildman–Crippen MR) is 10.2 cm³/mol. The molecule has 0 aliphatic heterocycles. The zero-order chi connectivity index (χ0) is 3.58. The first-order chi connectivity index (χ1) is 1.73. The molecule has 0 saturated carbocycles. The van der Waals surface area contributed by atoms with Crippen LogP contribution in [-0.4, -0.2) is 4.92 Å². The van der Waals surface area contributed by atoms with E-state index < -0.39 is 4.92 Å². The van der Waals surface area contributed by atoms with Crippen molar-refractivity contribution in [3.05, 3.63) is 17.2 Å². The van der Waals surface area contributed by atoms with Crippen LogP contribution in [0.4, 0.5) is 0 Å². The maximum absolute atomic E-state index is 8.47. The monoisotopic (exact) mass is 106 g/mol. The Morgan fingerprint density at radius 1 is 1.80 bits per heavy atom. The normalized spacial score (nSPS) is 5.00. The molecule has 0 aliphatic carbocycles. The Morgan fingerprint density at radius 3 is 1.80 bits per heavy atom. The Kier molecular flexibility index (Phi) is 7.34. The summed E-state index contributed by atoms with van der Waals surface area (Å²) in [6.45, 7) is 0. The fourth-order valence-electron chi connectivity index (χ4n) is 0. The predicted octanol–water partition coefficient (Wildman–Crippen LogP) is -0.194. The van der Waals surface area contributed by atoms with Gasteiger partial charge in [0.15, 0.2) is 0 Å². The second kappa shape index (κ2) is 4.11. The van der Waals surface area contributed by atoms with Gasteiger partial charge in [-0.2, -0.15) is 0 Å². The molecule has 5 heavy (non-hydrogen) atoms. The quantitative estimate of drug-likeness (QED) is 0.244. The number of rotatable bonds is 0. The zero-order valence-electron chi connectivity index (χ0n) is 2.26. The van der Waals surface area contributed by atoms with Crippen LogP contribution in [0, 0.1) is 17.2 Å². The van der Waals surface area contributed by atoms with E-state index in [9.17, 15) is 0 Å². The minimum Gasteiger partial charge on any atom is -0.263 e. The molecular weight excluding hydrogens is 106 g/mol. The summed E-state index contributed by atoms with van der Waals surface area (Å²) < 4.78 is 0. The first-order valence-electron chi connectivity index (χ1n) is 0.589. The minimum atomic E-state index is -1.25. The molecule has 0 saturated heterocycles. The number of nitrogens with zero attached hydrogens (tertiary/aromatic N) is 1. The molecule has 3 radical (unpaired) electrons. The average Bonchev–Trinajstić information content (AvgIpc) is 0.811. The van der Waals surface area contributed by atoms with Crippen molar-refractivity contribution in [3.63, 3.8) is 0 Å². The van der Waals surface area contributed by atoms with Gasteiger partial charge in [0.2, 0.25) is 0 Å². The van der Waals surface area contributed by atoms with E-state index in [0.29, 0.717) is 0 Å². The molecule has 25 valence electrons. The molecule has 0 aromatic rings. The van der Waals surface area contributed by atoms with Crippen molar-refractivity contribution < 1.29 is 26.6 Å². The molecule has 0 rings (SSSR count). The molecule has 0 unspecified atom stereocenters. The molecule has 0 amide bonds. The summed E-state index contributed by atoms with van der Waals surface area (Å²) in [5, 5.41) is 8.47. The van der Waals surface area contributed by atoms with Gasteiger partial charge >= 0.3 is 7.05 Å². The Bertz CT molecular complexity index is 32.6. The standard InChI is InChI=1S/CNO2.Ti/c1-2(3)4;. The Labute approximate surface area is 44.4 Å². The van der Waals surface area contributed by atoms with Gasteiger partial charge in [0, 0.05) is 21.7 Å². The van der Waals surface area contributed by atoms with Gasteiger partial charge in [0.05, 0.1) is 4.92 Å². The number of hydrogen-bond donors (Lipinski definition) is 0. The van der Waals surface area contributed by atoms with Gasteiger partial charge in [0.1, 0.15) is 0 Å². The molecule has 0 heterocycles. The fraction of sp³-hybridized carbons (Fsp3) is 0. The molecule has 0 bridgehead atoms. The molecule has 0 spiro atoms. The SMILES string of the molecule is [C][N+](=O)[O-].[Ti]. The van der Waals surface area contributed by atoms with Gasteiger partial charge in [-0.15, -0.1) is 0 Å². The van der Waals surface area contributed by atoms with E-state index in [4.69, 9.17) is 17.2 Å². The second-order valence-electron chi connectivity index (χ2n) is 0.257. The van der Waals surface area contributed by atoms with Gasteiger partial charge in [-0.25, -0.2) is 0 Å². The van der Waals surface area contributed by atoms with Gasteiger partial charge in [-0.1, -0.05) is 0 Å². The summed E-state index contributed by atoms with van der Waals surface area (Å²) in [5.41, 5.74) is 0. The van der Waals surface area contributed by atoms with Crippen LogP contribution >= 0.6 is 0 Å². The first kappa shape index (κ1) is 8.93. The molecule has 4 heteroatoms. The maximum Gasteiger partial charge on any atom is 0.474 e. The van der Waals surface area contributed by atoms with E-state index in [1.807, 2.05) is 0 Å². The smallest absolute Gasteiger partial charge is 0.263 e. The molecule has 0 atom stereocenters. The summed E-state index contributed by atoms with van der Waals surface area (Å²) >= 11 is 0. The molecule has 0 aliphatic rings. The van der Waals surface area contributed by atoms with Crippen molar-refractivity contribution in [1.82, 2.24) is 0 Å². The topological polar surface area (TPSA) is 43.1 Å². The van der Waals surface area contributed by atoms with Crippen molar-refractivity contribution in [2.75, 3.05) is 0 Å². The third kappa shape index (κ3) is 1410. The summed E-state index contributed by atoms with van der Waals surface area (Å²) in [5.74, 6) is 0. The van der Waals surface area contributed by atoms with Crippen molar-refractivity contribution in [1.29, 1.82) is 0 Å². The van der Waals surface area contributed by atoms with Gasteiger partial charge in [-0.3, -0.25) is 10.1 Å². The summed E-state index contributed by atoms with van der Waals surface area (Å²) in [7, 11) is 5.31. The van der Waals surface area contributed by atoms with Gasteiger partial charge < -0.3 is 0 Å². The van der Waals surface area contributed by atoms with Crippen LogP contribution in [0.15, 0.2) is 0 Å². The van der Waals surface area contributed by atoms with E-state index in [0.717, 1.165) is 0 Å². The van der Waals surface area contributed by atoms with Crippen LogP contribution in [-0.2, 0) is 21.7 Å². The van der Waals surface area contributed by atoms with Crippen molar-refractivity contribution in [2.24, 2.45) is 0 Å². The fourth-order valence-corrected chi connectivity index (χ4v) is 0. The van der Waals surface area contributed by atoms with E-state index in [2.05, 4.69) is 0 Å². The van der Waals surface area contributed by atoms with Crippen LogP contribution in [0.1, 0.15) is 0 Å². The van der Waals surface area contributed by atoms with Crippen LogP contribution in [0.25, 0.3) is 0 Å². The van der Waals surface area contributed by atoms with E-state index in [-0.39, 0.29) is 21.7 Å². The Morgan fingerprint density at radius 2 is 1.80 bits per heavy atom. The average molecular weight is 106 g/mol. The molecule has 0 aromatic carbocycles. The summed E-state index contributed by atoms with van der Waals surface area (Å²) in [6, 6.07) is 0. The van der Waals surface area contributed by atoms with E-state index >= 15 is 0 Å². The molecule has 0 aromatic heterocycles. The molecule has 0 fully saturated rings. The minimum absolute atomic E-state index is 0. The first-order valence-corrected chi connectivity index (χ1v) is 0.589. The Balaban J connectivity index is 0. The van der Waals surface area contributed by atoms with Crippen LogP contribution in [0.5, 0.6) is 0 Å². The molecule has 0 N–H and O–H groups in total. The molecule has 3 nitrogen and oxygen atoms in total. The summed E-state index contributed by atoms with van der Waals surface area (Å²) in [6.07, 6.45) is 0. The van der Waals surface area contributed by atoms with Crippen LogP contribution < -0.4 is 0 Å². The van der Waals surface area contributed by atoms with E-state index in [1.165, 1.54) is 0 Å². The molecular formula is CNO2Ti. The van der Waals surface area contributed by atoms with Gasteiger partial charge in [-0.05, 0) is 0 Å². The van der Waals surface area contributed by atoms with Gasteiger partial charge in [0.25, 0.3) is 0 Å². The largest absolute Gasteiger partial charge is 0.474 e. The second-order valence-corrected chi connectivity index (χ2v) is 0.257. The van der Waals surface area contributed by atoms with Crippen molar-refractivity contribution >= 4 is 0 Å². The third-order valence-corrected chi connectivity index (χ3v) is 0.